The number of halogens is 1. The van der Waals surface area contributed by atoms with Crippen LogP contribution in [0.3, 0.4) is 0 Å². The van der Waals surface area contributed by atoms with Crippen LogP contribution in [0.5, 0.6) is 5.75 Å². The van der Waals surface area contributed by atoms with E-state index in [-0.39, 0.29) is 0 Å². The number of methoxy groups -OCH3 is 1. The van der Waals surface area contributed by atoms with Gasteiger partial charge in [-0.1, -0.05) is 0 Å². The van der Waals surface area contributed by atoms with Crippen molar-refractivity contribution >= 4 is 33.0 Å². The van der Waals surface area contributed by atoms with Gasteiger partial charge in [-0.2, -0.15) is 0 Å². The molecule has 0 atom stereocenters. The Morgan fingerprint density at radius 2 is 1.95 bits per heavy atom. The van der Waals surface area contributed by atoms with E-state index in [0.717, 1.165) is 33.8 Å². The van der Waals surface area contributed by atoms with Crippen molar-refractivity contribution in [3.05, 3.63) is 41.1 Å². The molecule has 1 heterocycles. The number of rotatable bonds is 5. The molecule has 0 bridgehead atoms. The summed E-state index contributed by atoms with van der Waals surface area (Å²) in [5, 5.41) is 6.53. The molecule has 0 saturated heterocycles. The molecule has 5 heteroatoms. The number of hydrogen-bond acceptors (Lipinski definition) is 4. The predicted octanol–water partition coefficient (Wildman–Crippen LogP) is 4.03. The number of pyridine rings is 1. The minimum atomic E-state index is 0.792. The van der Waals surface area contributed by atoms with Gasteiger partial charge in [0.1, 0.15) is 5.75 Å². The summed E-state index contributed by atoms with van der Waals surface area (Å²) in [6.45, 7) is 2.93. The third-order valence-electron chi connectivity index (χ3n) is 2.56. The molecule has 2 N–H and O–H groups in total. The van der Waals surface area contributed by atoms with Crippen molar-refractivity contribution in [3.8, 4) is 5.75 Å². The van der Waals surface area contributed by atoms with Gasteiger partial charge in [0.05, 0.1) is 35.4 Å². The van der Waals surface area contributed by atoms with E-state index in [1.54, 1.807) is 19.5 Å². The summed E-state index contributed by atoms with van der Waals surface area (Å²) in [6.07, 6.45) is 3.59. The second-order valence-electron chi connectivity index (χ2n) is 3.97. The van der Waals surface area contributed by atoms with Crippen LogP contribution in [0.25, 0.3) is 0 Å². The van der Waals surface area contributed by atoms with Gasteiger partial charge in [-0.3, -0.25) is 4.98 Å². The largest absolute Gasteiger partial charge is 0.495 e. The van der Waals surface area contributed by atoms with Crippen LogP contribution in [0.15, 0.2) is 41.1 Å². The summed E-state index contributed by atoms with van der Waals surface area (Å²) < 4.78 is 6.20. The molecule has 0 fully saturated rings. The van der Waals surface area contributed by atoms with E-state index >= 15 is 0 Å². The number of nitrogens with zero attached hydrogens (tertiary/aromatic N) is 1. The van der Waals surface area contributed by atoms with Crippen LogP contribution in [0.1, 0.15) is 6.92 Å². The highest BCUT2D eigenvalue weighted by molar-refractivity contribution is 9.10. The maximum atomic E-state index is 5.27. The first-order chi connectivity index (χ1) is 9.22. The average Bonchev–Trinajstić information content (AvgIpc) is 2.42. The van der Waals surface area contributed by atoms with Crippen LogP contribution in [-0.4, -0.2) is 18.6 Å². The van der Waals surface area contributed by atoms with Gasteiger partial charge in [0.2, 0.25) is 0 Å². The maximum Gasteiger partial charge on any atom is 0.135 e. The molecule has 0 aliphatic rings. The summed E-state index contributed by atoms with van der Waals surface area (Å²) in [6, 6.07) is 7.88. The summed E-state index contributed by atoms with van der Waals surface area (Å²) in [4.78, 5) is 4.19. The Hall–Kier alpha value is -1.75. The molecular formula is C14H16BrN3O. The first-order valence-corrected chi connectivity index (χ1v) is 6.81. The standard InChI is InChI=1S/C14H16BrN3O/c1-3-17-11-6-12(9-16-8-11)18-10-4-5-13(15)14(7-10)19-2/h4-9,17-18H,3H2,1-2H3. The van der Waals surface area contributed by atoms with E-state index in [1.807, 2.05) is 24.3 Å². The van der Waals surface area contributed by atoms with Crippen molar-refractivity contribution < 1.29 is 4.74 Å². The van der Waals surface area contributed by atoms with Crippen LogP contribution in [0, 0.1) is 0 Å². The van der Waals surface area contributed by atoms with Crippen molar-refractivity contribution in [2.24, 2.45) is 0 Å². The van der Waals surface area contributed by atoms with Crippen LogP contribution in [0.4, 0.5) is 17.1 Å². The summed E-state index contributed by atoms with van der Waals surface area (Å²) >= 11 is 3.43. The van der Waals surface area contributed by atoms with Crippen molar-refractivity contribution in [1.29, 1.82) is 0 Å². The smallest absolute Gasteiger partial charge is 0.135 e. The minimum absolute atomic E-state index is 0.792. The van der Waals surface area contributed by atoms with Crippen LogP contribution in [0.2, 0.25) is 0 Å². The molecule has 0 radical (unpaired) electrons. The highest BCUT2D eigenvalue weighted by Crippen LogP contribution is 2.29. The zero-order chi connectivity index (χ0) is 13.7. The van der Waals surface area contributed by atoms with E-state index in [9.17, 15) is 0 Å². The highest BCUT2D eigenvalue weighted by atomic mass is 79.9. The molecule has 100 valence electrons. The Balaban J connectivity index is 2.18. The number of aromatic nitrogens is 1. The van der Waals surface area contributed by atoms with Gasteiger partial charge in [-0.05, 0) is 41.1 Å². The molecule has 0 saturated carbocycles. The van der Waals surface area contributed by atoms with Gasteiger partial charge in [0.25, 0.3) is 0 Å². The van der Waals surface area contributed by atoms with Gasteiger partial charge in [-0.25, -0.2) is 0 Å². The molecule has 19 heavy (non-hydrogen) atoms. The quantitative estimate of drug-likeness (QED) is 0.872. The summed E-state index contributed by atoms with van der Waals surface area (Å²) in [7, 11) is 1.65. The molecule has 2 rings (SSSR count). The number of ether oxygens (including phenoxy) is 1. The van der Waals surface area contributed by atoms with Gasteiger partial charge < -0.3 is 15.4 Å². The second kappa shape index (κ2) is 6.43. The monoisotopic (exact) mass is 321 g/mol. The van der Waals surface area contributed by atoms with Crippen molar-refractivity contribution in [2.45, 2.75) is 6.92 Å². The minimum Gasteiger partial charge on any atom is -0.495 e. The van der Waals surface area contributed by atoms with Crippen LogP contribution < -0.4 is 15.4 Å². The third-order valence-corrected chi connectivity index (χ3v) is 3.21. The van der Waals surface area contributed by atoms with Gasteiger partial charge in [0.15, 0.2) is 0 Å². The Morgan fingerprint density at radius 1 is 1.16 bits per heavy atom. The Labute approximate surface area is 121 Å². The van der Waals surface area contributed by atoms with Crippen molar-refractivity contribution in [3.63, 3.8) is 0 Å². The van der Waals surface area contributed by atoms with E-state index in [1.165, 1.54) is 0 Å². The lowest BCUT2D eigenvalue weighted by molar-refractivity contribution is 0.412. The molecule has 0 spiro atoms. The lowest BCUT2D eigenvalue weighted by Gasteiger charge is -2.10. The lowest BCUT2D eigenvalue weighted by atomic mass is 10.3. The molecule has 1 aromatic heterocycles. The number of nitrogens with one attached hydrogen (secondary N) is 2. The van der Waals surface area contributed by atoms with E-state index in [2.05, 4.69) is 38.5 Å². The zero-order valence-electron chi connectivity index (χ0n) is 10.9. The van der Waals surface area contributed by atoms with Crippen molar-refractivity contribution in [1.82, 2.24) is 4.98 Å². The molecular weight excluding hydrogens is 306 g/mol. The fourth-order valence-corrected chi connectivity index (χ4v) is 2.12. The molecule has 0 amide bonds. The van der Waals surface area contributed by atoms with Crippen LogP contribution >= 0.6 is 15.9 Å². The van der Waals surface area contributed by atoms with Gasteiger partial charge in [-0.15, -0.1) is 0 Å². The van der Waals surface area contributed by atoms with Crippen molar-refractivity contribution in [2.75, 3.05) is 24.3 Å². The lowest BCUT2D eigenvalue weighted by Crippen LogP contribution is -1.98. The molecule has 0 aliphatic heterocycles. The first kappa shape index (κ1) is 13.7. The Bertz CT molecular complexity index is 560. The number of anilines is 3. The van der Waals surface area contributed by atoms with E-state index in [4.69, 9.17) is 4.74 Å². The highest BCUT2D eigenvalue weighted by Gasteiger charge is 2.02. The number of benzene rings is 1. The molecule has 1 aromatic carbocycles. The zero-order valence-corrected chi connectivity index (χ0v) is 12.5. The van der Waals surface area contributed by atoms with E-state index in [0.29, 0.717) is 0 Å². The molecule has 4 nitrogen and oxygen atoms in total. The summed E-state index contributed by atoms with van der Waals surface area (Å²) in [5.74, 6) is 0.792. The Morgan fingerprint density at radius 3 is 2.68 bits per heavy atom. The topological polar surface area (TPSA) is 46.2 Å². The van der Waals surface area contributed by atoms with Crippen LogP contribution in [-0.2, 0) is 0 Å². The molecule has 0 unspecified atom stereocenters. The SMILES string of the molecule is CCNc1cncc(Nc2ccc(Br)c(OC)c2)c1. The maximum absolute atomic E-state index is 5.27. The summed E-state index contributed by atoms with van der Waals surface area (Å²) in [5.41, 5.74) is 2.88. The Kier molecular flexibility index (Phi) is 4.63. The molecule has 2 aromatic rings. The predicted molar refractivity (Wildman–Crippen MR) is 82.4 cm³/mol. The third kappa shape index (κ3) is 3.61. The molecule has 0 aliphatic carbocycles. The van der Waals surface area contributed by atoms with Gasteiger partial charge >= 0.3 is 0 Å². The fraction of sp³-hybridized carbons (Fsp3) is 0.214. The number of hydrogen-bond donors (Lipinski definition) is 2. The second-order valence-corrected chi connectivity index (χ2v) is 4.82. The van der Waals surface area contributed by atoms with E-state index < -0.39 is 0 Å². The average molecular weight is 322 g/mol. The van der Waals surface area contributed by atoms with Gasteiger partial charge in [0, 0.05) is 18.3 Å². The first-order valence-electron chi connectivity index (χ1n) is 6.02. The normalized spacial score (nSPS) is 10.1. The fourth-order valence-electron chi connectivity index (χ4n) is 1.71.